The lowest BCUT2D eigenvalue weighted by molar-refractivity contribution is 0.481. The molecule has 2 N–H and O–H groups in total. The highest BCUT2D eigenvalue weighted by molar-refractivity contribution is 7.86. The minimum atomic E-state index is -4.52. The minimum Gasteiger partial charge on any atom is -0.282 e. The van der Waals surface area contributed by atoms with E-state index in [4.69, 9.17) is 0 Å². The summed E-state index contributed by atoms with van der Waals surface area (Å²) >= 11 is 0. The summed E-state index contributed by atoms with van der Waals surface area (Å²) in [6, 6.07) is 10.4. The van der Waals surface area contributed by atoms with E-state index in [9.17, 15) is 25.9 Å². The summed E-state index contributed by atoms with van der Waals surface area (Å²) in [4.78, 5) is -0.631. The first kappa shape index (κ1) is 21.1. The molecule has 3 rings (SSSR count). The van der Waals surface area contributed by atoms with Gasteiger partial charge in [-0.05, 0) is 61.7 Å². The van der Waals surface area contributed by atoms with E-state index in [-0.39, 0.29) is 21.2 Å². The number of rotatable bonds is 4. The summed E-state index contributed by atoms with van der Waals surface area (Å²) in [5.41, 5.74) is 2.26. The summed E-state index contributed by atoms with van der Waals surface area (Å²) in [7, 11) is -8.98. The molecule has 3 aromatic rings. The largest absolute Gasteiger partial charge is 0.296 e. The molecule has 0 aliphatic carbocycles. The second-order valence-electron chi connectivity index (χ2n) is 6.63. The van der Waals surface area contributed by atoms with Crippen molar-refractivity contribution in [1.82, 2.24) is 0 Å². The van der Waals surface area contributed by atoms with E-state index in [2.05, 4.69) is 10.2 Å². The smallest absolute Gasteiger partial charge is 0.282 e. The van der Waals surface area contributed by atoms with Gasteiger partial charge in [0.15, 0.2) is 0 Å². The maximum atomic E-state index is 11.7. The number of fused-ring (bicyclic) bond motifs is 1. The van der Waals surface area contributed by atoms with Crippen LogP contribution in [0.2, 0.25) is 0 Å². The zero-order valence-corrected chi connectivity index (χ0v) is 17.4. The molecule has 0 unspecified atom stereocenters. The van der Waals surface area contributed by atoms with Crippen LogP contribution in [0, 0.1) is 20.8 Å². The highest BCUT2D eigenvalue weighted by Gasteiger charge is 2.19. The molecule has 152 valence electrons. The molecular formula is C19H18N2O6S2. The third kappa shape index (κ3) is 4.20. The SMILES string of the molecule is Cc1cc(N=Nc2ccc(C)c3c(S(=O)(=O)O)cccc23)c(S(=O)(=O)O)cc1C. The van der Waals surface area contributed by atoms with Crippen LogP contribution in [-0.4, -0.2) is 25.9 Å². The molecule has 0 aliphatic heterocycles. The maximum Gasteiger partial charge on any atom is 0.296 e. The van der Waals surface area contributed by atoms with Gasteiger partial charge >= 0.3 is 0 Å². The molecule has 0 aliphatic rings. The molecule has 0 bridgehead atoms. The fourth-order valence-electron chi connectivity index (χ4n) is 3.00. The van der Waals surface area contributed by atoms with Gasteiger partial charge in [-0.1, -0.05) is 18.2 Å². The number of aryl methyl sites for hydroxylation is 3. The van der Waals surface area contributed by atoms with Crippen molar-refractivity contribution < 1.29 is 25.9 Å². The molecule has 0 fully saturated rings. The van der Waals surface area contributed by atoms with E-state index < -0.39 is 20.2 Å². The van der Waals surface area contributed by atoms with E-state index >= 15 is 0 Å². The molecule has 0 radical (unpaired) electrons. The molecule has 10 heteroatoms. The van der Waals surface area contributed by atoms with Crippen molar-refractivity contribution in [1.29, 1.82) is 0 Å². The van der Waals surface area contributed by atoms with Gasteiger partial charge in [0.1, 0.15) is 15.5 Å². The van der Waals surface area contributed by atoms with Crippen molar-refractivity contribution in [2.24, 2.45) is 10.2 Å². The number of hydrogen-bond acceptors (Lipinski definition) is 6. The predicted molar refractivity (Wildman–Crippen MR) is 108 cm³/mol. The summed E-state index contributed by atoms with van der Waals surface area (Å²) < 4.78 is 65.9. The van der Waals surface area contributed by atoms with Crippen LogP contribution >= 0.6 is 0 Å². The van der Waals surface area contributed by atoms with Gasteiger partial charge < -0.3 is 0 Å². The molecule has 0 spiro atoms. The Labute approximate surface area is 168 Å². The lowest BCUT2D eigenvalue weighted by atomic mass is 10.0. The maximum absolute atomic E-state index is 11.7. The van der Waals surface area contributed by atoms with Gasteiger partial charge in [-0.2, -0.15) is 16.8 Å². The number of hydrogen-bond donors (Lipinski definition) is 2. The number of azo groups is 1. The molecular weight excluding hydrogens is 416 g/mol. The zero-order valence-electron chi connectivity index (χ0n) is 15.8. The highest BCUT2D eigenvalue weighted by atomic mass is 32.2. The van der Waals surface area contributed by atoms with Crippen LogP contribution in [0.1, 0.15) is 16.7 Å². The van der Waals surface area contributed by atoms with Crippen LogP contribution in [0.25, 0.3) is 10.8 Å². The van der Waals surface area contributed by atoms with E-state index in [0.717, 1.165) is 5.56 Å². The first-order chi connectivity index (χ1) is 13.4. The summed E-state index contributed by atoms with van der Waals surface area (Å²) in [5.74, 6) is 0. The molecule has 0 heterocycles. The third-order valence-corrected chi connectivity index (χ3v) is 6.36. The van der Waals surface area contributed by atoms with Crippen molar-refractivity contribution in [2.45, 2.75) is 30.6 Å². The van der Waals surface area contributed by atoms with Gasteiger partial charge in [-0.3, -0.25) is 9.11 Å². The van der Waals surface area contributed by atoms with Gasteiger partial charge in [0, 0.05) is 10.8 Å². The zero-order chi connectivity index (χ0) is 21.6. The van der Waals surface area contributed by atoms with Crippen molar-refractivity contribution in [3.63, 3.8) is 0 Å². The van der Waals surface area contributed by atoms with Gasteiger partial charge in [0.05, 0.1) is 5.69 Å². The molecule has 0 saturated heterocycles. The fourth-order valence-corrected chi connectivity index (χ4v) is 4.47. The topological polar surface area (TPSA) is 133 Å². The quantitative estimate of drug-likeness (QED) is 0.452. The van der Waals surface area contributed by atoms with Gasteiger partial charge in [0.2, 0.25) is 0 Å². The Balaban J connectivity index is 2.24. The number of nitrogens with zero attached hydrogens (tertiary/aromatic N) is 2. The van der Waals surface area contributed by atoms with Crippen molar-refractivity contribution in [2.75, 3.05) is 0 Å². The normalized spacial score (nSPS) is 12.7. The molecule has 29 heavy (non-hydrogen) atoms. The standard InChI is InChI=1S/C19H18N2O6S2/c1-11-7-8-15(14-5-4-6-17(19(11)14)28(22,23)24)20-21-16-9-12(2)13(3)10-18(16)29(25,26)27/h4-10H,1-3H3,(H,22,23,24)(H,25,26,27). The monoisotopic (exact) mass is 434 g/mol. The summed E-state index contributed by atoms with van der Waals surface area (Å²) in [5, 5.41) is 8.79. The first-order valence-corrected chi connectivity index (χ1v) is 11.3. The Bertz CT molecular complexity index is 1380. The van der Waals surface area contributed by atoms with Crippen LogP contribution in [0.15, 0.2) is 62.5 Å². The van der Waals surface area contributed by atoms with E-state index in [1.54, 1.807) is 39.0 Å². The summed E-state index contributed by atoms with van der Waals surface area (Å²) in [6.07, 6.45) is 0. The van der Waals surface area contributed by atoms with E-state index in [0.29, 0.717) is 21.9 Å². The second-order valence-corrected chi connectivity index (χ2v) is 9.41. The van der Waals surface area contributed by atoms with Gasteiger partial charge in [-0.15, -0.1) is 10.2 Å². The van der Waals surface area contributed by atoms with Gasteiger partial charge in [0.25, 0.3) is 20.2 Å². The Morgan fingerprint density at radius 3 is 1.90 bits per heavy atom. The minimum absolute atomic E-state index is 0.0461. The predicted octanol–water partition coefficient (Wildman–Crippen LogP) is 4.67. The van der Waals surface area contributed by atoms with Gasteiger partial charge in [-0.25, -0.2) is 0 Å². The van der Waals surface area contributed by atoms with Crippen LogP contribution < -0.4 is 0 Å². The molecule has 0 atom stereocenters. The molecule has 0 aromatic heterocycles. The Morgan fingerprint density at radius 2 is 1.28 bits per heavy atom. The Morgan fingerprint density at radius 1 is 0.690 bits per heavy atom. The highest BCUT2D eigenvalue weighted by Crippen LogP contribution is 2.35. The van der Waals surface area contributed by atoms with Crippen LogP contribution in [0.3, 0.4) is 0 Å². The fraction of sp³-hybridized carbons (Fsp3) is 0.158. The third-order valence-electron chi connectivity index (χ3n) is 4.58. The van der Waals surface area contributed by atoms with Crippen LogP contribution in [0.4, 0.5) is 11.4 Å². The van der Waals surface area contributed by atoms with E-state index in [1.165, 1.54) is 24.3 Å². The van der Waals surface area contributed by atoms with Crippen LogP contribution in [0.5, 0.6) is 0 Å². The molecule has 3 aromatic carbocycles. The average molecular weight is 434 g/mol. The molecule has 8 nitrogen and oxygen atoms in total. The van der Waals surface area contributed by atoms with E-state index in [1.807, 2.05) is 0 Å². The molecule has 0 saturated carbocycles. The Hall–Kier alpha value is -2.66. The van der Waals surface area contributed by atoms with Crippen LogP contribution in [-0.2, 0) is 20.2 Å². The summed E-state index contributed by atoms with van der Waals surface area (Å²) in [6.45, 7) is 5.16. The van der Waals surface area contributed by atoms with Crippen molar-refractivity contribution >= 4 is 42.4 Å². The first-order valence-electron chi connectivity index (χ1n) is 8.40. The lowest BCUT2D eigenvalue weighted by Crippen LogP contribution is -2.00. The molecule has 0 amide bonds. The number of benzene rings is 3. The van der Waals surface area contributed by atoms with Crippen molar-refractivity contribution in [3.8, 4) is 0 Å². The lowest BCUT2D eigenvalue weighted by Gasteiger charge is -2.09. The Kier molecular flexibility index (Phi) is 5.30. The average Bonchev–Trinajstić information content (AvgIpc) is 2.61. The van der Waals surface area contributed by atoms with Crippen molar-refractivity contribution in [3.05, 3.63) is 59.2 Å². The second kappa shape index (κ2) is 7.30.